The number of carbonyl (C=O) groups is 2. The highest BCUT2D eigenvalue weighted by molar-refractivity contribution is 6.32. The summed E-state index contributed by atoms with van der Waals surface area (Å²) < 4.78 is 15.6. The minimum Gasteiger partial charge on any atom is -0.495 e. The maximum Gasteiger partial charge on any atom is 0.243 e. The molecule has 0 aromatic heterocycles. The van der Waals surface area contributed by atoms with Crippen molar-refractivity contribution < 1.29 is 23.8 Å². The van der Waals surface area contributed by atoms with Crippen molar-refractivity contribution in [1.29, 1.82) is 0 Å². The van der Waals surface area contributed by atoms with Crippen LogP contribution in [0, 0.1) is 6.92 Å². The number of ether oxygens (including phenoxy) is 3. The predicted octanol–water partition coefficient (Wildman–Crippen LogP) is 2.84. The van der Waals surface area contributed by atoms with Crippen LogP contribution >= 0.6 is 11.6 Å². The van der Waals surface area contributed by atoms with E-state index in [9.17, 15) is 9.59 Å². The number of anilines is 2. The Hall–Kier alpha value is -3.13. The fraction of sp³-hybridized carbons (Fsp3) is 0.300. The fourth-order valence-electron chi connectivity index (χ4n) is 2.53. The number of methoxy groups -OCH3 is 3. The number of hydrogen-bond donors (Lipinski definition) is 3. The van der Waals surface area contributed by atoms with Crippen LogP contribution in [0.15, 0.2) is 30.3 Å². The molecule has 9 heteroatoms. The highest BCUT2D eigenvalue weighted by Crippen LogP contribution is 2.35. The molecular weight excluding hydrogens is 398 g/mol. The zero-order valence-electron chi connectivity index (χ0n) is 16.7. The molecule has 0 saturated carbocycles. The number of rotatable bonds is 9. The summed E-state index contributed by atoms with van der Waals surface area (Å²) in [5, 5.41) is 8.60. The predicted molar refractivity (Wildman–Crippen MR) is 112 cm³/mol. The van der Waals surface area contributed by atoms with E-state index in [1.807, 2.05) is 13.0 Å². The molecule has 8 nitrogen and oxygen atoms in total. The number of nitrogens with one attached hydrogen (secondary N) is 3. The van der Waals surface area contributed by atoms with Crippen LogP contribution in [0.25, 0.3) is 0 Å². The normalized spacial score (nSPS) is 10.1. The van der Waals surface area contributed by atoms with Gasteiger partial charge in [0.1, 0.15) is 17.2 Å². The Labute approximate surface area is 174 Å². The lowest BCUT2D eigenvalue weighted by molar-refractivity contribution is -0.122. The molecule has 2 amide bonds. The van der Waals surface area contributed by atoms with E-state index in [0.717, 1.165) is 5.56 Å². The average molecular weight is 422 g/mol. The Morgan fingerprint density at radius 3 is 2.21 bits per heavy atom. The first kappa shape index (κ1) is 22.2. The standard InChI is InChI=1S/C20H24ClN3O5/c1-12-5-6-16(27-2)15(7-12)24-20(26)11-23-19(25)10-22-14-9-17(28-3)13(21)8-18(14)29-4/h5-9,22H,10-11H2,1-4H3,(H,23,25)(H,24,26). The second-order valence-electron chi connectivity index (χ2n) is 6.07. The van der Waals surface area contributed by atoms with Crippen molar-refractivity contribution in [2.45, 2.75) is 6.92 Å². The lowest BCUT2D eigenvalue weighted by Crippen LogP contribution is -2.36. The molecule has 0 radical (unpaired) electrons. The van der Waals surface area contributed by atoms with Gasteiger partial charge in [0.15, 0.2) is 0 Å². The van der Waals surface area contributed by atoms with Gasteiger partial charge in [0.2, 0.25) is 11.8 Å². The molecule has 2 aromatic carbocycles. The largest absolute Gasteiger partial charge is 0.495 e. The van der Waals surface area contributed by atoms with Crippen molar-refractivity contribution in [3.05, 3.63) is 40.9 Å². The maximum absolute atomic E-state index is 12.1. The number of carbonyl (C=O) groups excluding carboxylic acids is 2. The SMILES string of the molecule is COc1cc(NCC(=O)NCC(=O)Nc2cc(C)ccc2OC)c(OC)cc1Cl. The zero-order valence-corrected chi connectivity index (χ0v) is 17.5. The number of benzene rings is 2. The van der Waals surface area contributed by atoms with E-state index in [4.69, 9.17) is 25.8 Å². The van der Waals surface area contributed by atoms with Crippen LogP contribution in [0.5, 0.6) is 17.2 Å². The van der Waals surface area contributed by atoms with Crippen molar-refractivity contribution in [3.8, 4) is 17.2 Å². The summed E-state index contributed by atoms with van der Waals surface area (Å²) in [6.07, 6.45) is 0. The number of amides is 2. The van der Waals surface area contributed by atoms with Crippen molar-refractivity contribution in [3.63, 3.8) is 0 Å². The molecule has 2 aromatic rings. The molecule has 0 aliphatic carbocycles. The average Bonchev–Trinajstić information content (AvgIpc) is 2.71. The first-order valence-corrected chi connectivity index (χ1v) is 9.12. The van der Waals surface area contributed by atoms with Gasteiger partial charge in [0.25, 0.3) is 0 Å². The lowest BCUT2D eigenvalue weighted by atomic mass is 10.2. The van der Waals surface area contributed by atoms with E-state index in [1.165, 1.54) is 21.3 Å². The molecule has 0 saturated heterocycles. The van der Waals surface area contributed by atoms with Gasteiger partial charge in [-0.15, -0.1) is 0 Å². The first-order chi connectivity index (χ1) is 13.9. The smallest absolute Gasteiger partial charge is 0.243 e. The van der Waals surface area contributed by atoms with E-state index in [0.29, 0.717) is 33.6 Å². The summed E-state index contributed by atoms with van der Waals surface area (Å²) in [7, 11) is 4.51. The Morgan fingerprint density at radius 1 is 0.862 bits per heavy atom. The molecule has 156 valence electrons. The summed E-state index contributed by atoms with van der Waals surface area (Å²) >= 11 is 6.06. The minimum absolute atomic E-state index is 0.0673. The number of halogens is 1. The van der Waals surface area contributed by atoms with Crippen LogP contribution < -0.4 is 30.2 Å². The quantitative estimate of drug-likeness (QED) is 0.576. The topological polar surface area (TPSA) is 97.9 Å². The molecule has 0 heterocycles. The highest BCUT2D eigenvalue weighted by atomic mass is 35.5. The number of hydrogen-bond acceptors (Lipinski definition) is 6. The van der Waals surface area contributed by atoms with Gasteiger partial charge in [0.05, 0.1) is 50.8 Å². The van der Waals surface area contributed by atoms with Gasteiger partial charge in [-0.05, 0) is 24.6 Å². The van der Waals surface area contributed by atoms with Crippen molar-refractivity contribution in [2.24, 2.45) is 0 Å². The van der Waals surface area contributed by atoms with Gasteiger partial charge in [-0.2, -0.15) is 0 Å². The monoisotopic (exact) mass is 421 g/mol. The Morgan fingerprint density at radius 2 is 1.55 bits per heavy atom. The van der Waals surface area contributed by atoms with Crippen LogP contribution in [0.3, 0.4) is 0 Å². The molecule has 29 heavy (non-hydrogen) atoms. The Bertz CT molecular complexity index is 889. The maximum atomic E-state index is 12.1. The third kappa shape index (κ3) is 6.18. The van der Waals surface area contributed by atoms with E-state index < -0.39 is 0 Å². The molecule has 0 aliphatic rings. The Balaban J connectivity index is 1.89. The van der Waals surface area contributed by atoms with Crippen LogP contribution in [0.1, 0.15) is 5.56 Å². The van der Waals surface area contributed by atoms with Gasteiger partial charge in [0, 0.05) is 12.1 Å². The fourth-order valence-corrected chi connectivity index (χ4v) is 2.76. The summed E-state index contributed by atoms with van der Waals surface area (Å²) in [6.45, 7) is 1.66. The highest BCUT2D eigenvalue weighted by Gasteiger charge is 2.12. The molecular formula is C20H24ClN3O5. The van der Waals surface area contributed by atoms with Crippen LogP contribution in [0.4, 0.5) is 11.4 Å². The third-order valence-electron chi connectivity index (χ3n) is 3.99. The van der Waals surface area contributed by atoms with Gasteiger partial charge < -0.3 is 30.2 Å². The molecule has 2 rings (SSSR count). The van der Waals surface area contributed by atoms with E-state index in [2.05, 4.69) is 16.0 Å². The summed E-state index contributed by atoms with van der Waals surface area (Å²) in [4.78, 5) is 24.2. The van der Waals surface area contributed by atoms with Crippen molar-refractivity contribution in [1.82, 2.24) is 5.32 Å². The van der Waals surface area contributed by atoms with Crippen molar-refractivity contribution >= 4 is 34.8 Å². The van der Waals surface area contributed by atoms with Crippen LogP contribution in [0.2, 0.25) is 5.02 Å². The van der Waals surface area contributed by atoms with E-state index in [1.54, 1.807) is 24.3 Å². The molecule has 0 atom stereocenters. The van der Waals surface area contributed by atoms with Crippen LogP contribution in [-0.2, 0) is 9.59 Å². The molecule has 0 bridgehead atoms. The van der Waals surface area contributed by atoms with Gasteiger partial charge in [-0.25, -0.2) is 0 Å². The zero-order chi connectivity index (χ0) is 21.4. The van der Waals surface area contributed by atoms with E-state index in [-0.39, 0.29) is 24.9 Å². The lowest BCUT2D eigenvalue weighted by Gasteiger charge is -2.14. The second-order valence-corrected chi connectivity index (χ2v) is 6.48. The minimum atomic E-state index is -0.368. The summed E-state index contributed by atoms with van der Waals surface area (Å²) in [6, 6.07) is 8.65. The number of aryl methyl sites for hydroxylation is 1. The third-order valence-corrected chi connectivity index (χ3v) is 4.28. The van der Waals surface area contributed by atoms with Gasteiger partial charge in [-0.1, -0.05) is 17.7 Å². The van der Waals surface area contributed by atoms with Gasteiger partial charge >= 0.3 is 0 Å². The molecule has 0 unspecified atom stereocenters. The molecule has 3 N–H and O–H groups in total. The first-order valence-electron chi connectivity index (χ1n) is 8.74. The molecule has 0 fully saturated rings. The van der Waals surface area contributed by atoms with Crippen LogP contribution in [-0.4, -0.2) is 46.2 Å². The molecule has 0 spiro atoms. The van der Waals surface area contributed by atoms with Crippen molar-refractivity contribution in [2.75, 3.05) is 45.1 Å². The Kier molecular flexibility index (Phi) is 7.97. The van der Waals surface area contributed by atoms with Gasteiger partial charge in [-0.3, -0.25) is 9.59 Å². The second kappa shape index (κ2) is 10.4. The summed E-state index contributed by atoms with van der Waals surface area (Å²) in [5.41, 5.74) is 2.06. The summed E-state index contributed by atoms with van der Waals surface area (Å²) in [5.74, 6) is 0.718. The molecule has 0 aliphatic heterocycles. The van der Waals surface area contributed by atoms with E-state index >= 15 is 0 Å².